The van der Waals surface area contributed by atoms with Gasteiger partial charge in [0.15, 0.2) is 5.65 Å². The number of amides is 1. The van der Waals surface area contributed by atoms with E-state index in [4.69, 9.17) is 11.6 Å². The van der Waals surface area contributed by atoms with E-state index in [-0.39, 0.29) is 5.91 Å². The molecule has 0 fully saturated rings. The summed E-state index contributed by atoms with van der Waals surface area (Å²) < 4.78 is 1.62. The minimum atomic E-state index is -0.270. The molecule has 6 heteroatoms. The Balaban J connectivity index is 1.99. The SMILES string of the molecule is CC#CC(=O)NCCc1cnc2c(Cl)cnn2c1. The van der Waals surface area contributed by atoms with Crippen LogP contribution in [-0.4, -0.2) is 27.0 Å². The molecule has 92 valence electrons. The van der Waals surface area contributed by atoms with Gasteiger partial charge in [-0.05, 0) is 24.8 Å². The van der Waals surface area contributed by atoms with E-state index in [1.54, 1.807) is 23.8 Å². The summed E-state index contributed by atoms with van der Waals surface area (Å²) in [5, 5.41) is 7.27. The Kier molecular flexibility index (Phi) is 3.80. The van der Waals surface area contributed by atoms with Crippen LogP contribution in [0.1, 0.15) is 12.5 Å². The second-order valence-corrected chi connectivity index (χ2v) is 4.01. The van der Waals surface area contributed by atoms with Gasteiger partial charge in [-0.3, -0.25) is 4.79 Å². The fourth-order valence-corrected chi connectivity index (χ4v) is 1.67. The number of halogens is 1. The summed E-state index contributed by atoms with van der Waals surface area (Å²) in [5.74, 6) is 4.68. The molecule has 0 radical (unpaired) electrons. The van der Waals surface area contributed by atoms with Crippen LogP contribution in [0, 0.1) is 11.8 Å². The van der Waals surface area contributed by atoms with Gasteiger partial charge >= 0.3 is 0 Å². The topological polar surface area (TPSA) is 59.3 Å². The first-order valence-corrected chi connectivity index (χ1v) is 5.77. The van der Waals surface area contributed by atoms with Crippen LogP contribution >= 0.6 is 11.6 Å². The molecular formula is C12H11ClN4O. The molecule has 0 aliphatic heterocycles. The maximum Gasteiger partial charge on any atom is 0.295 e. The van der Waals surface area contributed by atoms with Gasteiger partial charge in [0, 0.05) is 18.9 Å². The predicted octanol–water partition coefficient (Wildman–Crippen LogP) is 1.06. The van der Waals surface area contributed by atoms with Crippen molar-refractivity contribution in [2.45, 2.75) is 13.3 Å². The normalized spacial score (nSPS) is 9.89. The van der Waals surface area contributed by atoms with Gasteiger partial charge in [0.25, 0.3) is 5.91 Å². The molecular weight excluding hydrogens is 252 g/mol. The summed E-state index contributed by atoms with van der Waals surface area (Å²) in [6, 6.07) is 0. The van der Waals surface area contributed by atoms with Crippen LogP contribution in [0.25, 0.3) is 5.65 Å². The van der Waals surface area contributed by atoms with Crippen molar-refractivity contribution in [2.75, 3.05) is 6.54 Å². The lowest BCUT2D eigenvalue weighted by atomic mass is 10.2. The number of nitrogens with zero attached hydrogens (tertiary/aromatic N) is 3. The van der Waals surface area contributed by atoms with Gasteiger partial charge in [0.05, 0.1) is 6.20 Å². The van der Waals surface area contributed by atoms with Crippen molar-refractivity contribution in [3.8, 4) is 11.8 Å². The van der Waals surface area contributed by atoms with E-state index in [1.807, 2.05) is 6.20 Å². The number of carbonyl (C=O) groups excluding carboxylic acids is 1. The van der Waals surface area contributed by atoms with Crippen LogP contribution in [0.2, 0.25) is 5.02 Å². The number of carbonyl (C=O) groups is 1. The highest BCUT2D eigenvalue weighted by atomic mass is 35.5. The van der Waals surface area contributed by atoms with Gasteiger partial charge in [-0.1, -0.05) is 17.5 Å². The van der Waals surface area contributed by atoms with Gasteiger partial charge < -0.3 is 5.32 Å². The quantitative estimate of drug-likeness (QED) is 0.842. The third-order valence-corrected chi connectivity index (χ3v) is 2.57. The zero-order valence-corrected chi connectivity index (χ0v) is 10.5. The molecule has 0 saturated heterocycles. The monoisotopic (exact) mass is 262 g/mol. The highest BCUT2D eigenvalue weighted by Gasteiger charge is 2.03. The molecule has 0 atom stereocenters. The van der Waals surface area contributed by atoms with E-state index in [0.29, 0.717) is 23.6 Å². The molecule has 0 unspecified atom stereocenters. The van der Waals surface area contributed by atoms with Crippen LogP contribution in [0.4, 0.5) is 0 Å². The maximum atomic E-state index is 11.1. The van der Waals surface area contributed by atoms with Crippen LogP contribution in [0.15, 0.2) is 18.6 Å². The van der Waals surface area contributed by atoms with Crippen molar-refractivity contribution in [1.29, 1.82) is 0 Å². The highest BCUT2D eigenvalue weighted by Crippen LogP contribution is 2.13. The van der Waals surface area contributed by atoms with Crippen LogP contribution < -0.4 is 5.32 Å². The van der Waals surface area contributed by atoms with E-state index in [2.05, 4.69) is 27.2 Å². The molecule has 1 amide bonds. The summed E-state index contributed by atoms with van der Waals surface area (Å²) in [4.78, 5) is 15.3. The molecule has 1 N–H and O–H groups in total. The molecule has 0 aromatic carbocycles. The summed E-state index contributed by atoms with van der Waals surface area (Å²) in [7, 11) is 0. The fourth-order valence-electron chi connectivity index (χ4n) is 1.49. The maximum absolute atomic E-state index is 11.1. The molecule has 2 rings (SSSR count). The van der Waals surface area contributed by atoms with Crippen LogP contribution in [0.3, 0.4) is 0 Å². The largest absolute Gasteiger partial charge is 0.345 e. The molecule has 5 nitrogen and oxygen atoms in total. The number of nitrogens with one attached hydrogen (secondary N) is 1. The third kappa shape index (κ3) is 2.79. The minimum Gasteiger partial charge on any atom is -0.345 e. The standard InChI is InChI=1S/C12H11ClN4O/c1-2-3-11(18)14-5-4-9-6-15-12-10(13)7-16-17(12)8-9/h6-8H,4-5H2,1H3,(H,14,18). The summed E-state index contributed by atoms with van der Waals surface area (Å²) in [5.41, 5.74) is 1.59. The van der Waals surface area contributed by atoms with E-state index < -0.39 is 0 Å². The first-order chi connectivity index (χ1) is 8.70. The van der Waals surface area contributed by atoms with E-state index in [9.17, 15) is 4.79 Å². The van der Waals surface area contributed by atoms with Crippen molar-refractivity contribution in [3.63, 3.8) is 0 Å². The Labute approximate surface area is 109 Å². The Morgan fingerprint density at radius 1 is 1.56 bits per heavy atom. The molecule has 0 bridgehead atoms. The molecule has 2 aromatic heterocycles. The van der Waals surface area contributed by atoms with E-state index in [1.165, 1.54) is 0 Å². The average molecular weight is 263 g/mol. The van der Waals surface area contributed by atoms with Gasteiger partial charge in [0.1, 0.15) is 5.02 Å². The first kappa shape index (κ1) is 12.4. The average Bonchev–Trinajstić information content (AvgIpc) is 2.71. The molecule has 2 heterocycles. The van der Waals surface area contributed by atoms with Crippen LogP contribution in [-0.2, 0) is 11.2 Å². The zero-order chi connectivity index (χ0) is 13.0. The molecule has 0 spiro atoms. The Morgan fingerprint density at radius 3 is 3.17 bits per heavy atom. The van der Waals surface area contributed by atoms with Crippen molar-refractivity contribution < 1.29 is 4.79 Å². The first-order valence-electron chi connectivity index (χ1n) is 5.39. The lowest BCUT2D eigenvalue weighted by Gasteiger charge is -2.02. The van der Waals surface area contributed by atoms with Crippen molar-refractivity contribution in [3.05, 3.63) is 29.2 Å². The number of rotatable bonds is 3. The molecule has 0 aliphatic carbocycles. The molecule has 0 saturated carbocycles. The number of hydrogen-bond acceptors (Lipinski definition) is 3. The van der Waals surface area contributed by atoms with E-state index in [0.717, 1.165) is 5.56 Å². The summed E-state index contributed by atoms with van der Waals surface area (Å²) >= 11 is 5.89. The lowest BCUT2D eigenvalue weighted by molar-refractivity contribution is -0.115. The highest BCUT2D eigenvalue weighted by molar-refractivity contribution is 6.33. The second kappa shape index (κ2) is 5.52. The second-order valence-electron chi connectivity index (χ2n) is 3.60. The van der Waals surface area contributed by atoms with Gasteiger partial charge in [-0.2, -0.15) is 5.10 Å². The van der Waals surface area contributed by atoms with E-state index >= 15 is 0 Å². The summed E-state index contributed by atoms with van der Waals surface area (Å²) in [6.07, 6.45) is 5.77. The van der Waals surface area contributed by atoms with Gasteiger partial charge in [-0.15, -0.1) is 0 Å². The minimum absolute atomic E-state index is 0.270. The zero-order valence-electron chi connectivity index (χ0n) is 9.77. The van der Waals surface area contributed by atoms with Crippen LogP contribution in [0.5, 0.6) is 0 Å². The third-order valence-electron chi connectivity index (χ3n) is 2.30. The number of aromatic nitrogens is 3. The Bertz CT molecular complexity index is 638. The molecule has 18 heavy (non-hydrogen) atoms. The Morgan fingerprint density at radius 2 is 2.39 bits per heavy atom. The van der Waals surface area contributed by atoms with Gasteiger partial charge in [-0.25, -0.2) is 9.50 Å². The smallest absolute Gasteiger partial charge is 0.295 e. The molecule has 2 aromatic rings. The lowest BCUT2D eigenvalue weighted by Crippen LogP contribution is -2.24. The van der Waals surface area contributed by atoms with Crippen molar-refractivity contribution in [2.24, 2.45) is 0 Å². The molecule has 0 aliphatic rings. The number of fused-ring (bicyclic) bond motifs is 1. The van der Waals surface area contributed by atoms with Gasteiger partial charge in [0.2, 0.25) is 0 Å². The summed E-state index contributed by atoms with van der Waals surface area (Å²) in [6.45, 7) is 2.13. The fraction of sp³-hybridized carbons (Fsp3) is 0.250. The number of hydrogen-bond donors (Lipinski definition) is 1. The van der Waals surface area contributed by atoms with Crippen molar-refractivity contribution in [1.82, 2.24) is 19.9 Å². The van der Waals surface area contributed by atoms with Crippen molar-refractivity contribution >= 4 is 23.2 Å². The Hall–Kier alpha value is -2.06. The predicted molar refractivity (Wildman–Crippen MR) is 68.2 cm³/mol.